The van der Waals surface area contributed by atoms with Gasteiger partial charge in [-0.2, -0.15) is 0 Å². The highest BCUT2D eigenvalue weighted by molar-refractivity contribution is 5.88. The van der Waals surface area contributed by atoms with Gasteiger partial charge < -0.3 is 14.8 Å². The molecule has 1 N–H and O–H groups in total. The monoisotopic (exact) mass is 313 g/mol. The second-order valence-corrected chi connectivity index (χ2v) is 4.99. The molecule has 0 aromatic heterocycles. The van der Waals surface area contributed by atoms with Gasteiger partial charge >= 0.3 is 5.97 Å². The summed E-state index contributed by atoms with van der Waals surface area (Å²) in [6, 6.07) is 14.2. The Balaban J connectivity index is 1.88. The van der Waals surface area contributed by atoms with E-state index in [0.717, 1.165) is 11.3 Å². The zero-order valence-corrected chi connectivity index (χ0v) is 13.2. The molecule has 0 unspecified atom stereocenters. The van der Waals surface area contributed by atoms with Crippen LogP contribution in [0.5, 0.6) is 11.5 Å². The summed E-state index contributed by atoms with van der Waals surface area (Å²) in [5, 5.41) is 2.65. The van der Waals surface area contributed by atoms with Crippen molar-refractivity contribution in [3.63, 3.8) is 0 Å². The number of hydrogen-bond donors (Lipinski definition) is 1. The largest absolute Gasteiger partial charge is 0.496 e. The first-order chi connectivity index (χ1) is 11.1. The maximum absolute atomic E-state index is 11.9. The molecule has 0 saturated carbocycles. The van der Waals surface area contributed by atoms with E-state index >= 15 is 0 Å². The van der Waals surface area contributed by atoms with E-state index in [1.54, 1.807) is 31.4 Å². The summed E-state index contributed by atoms with van der Waals surface area (Å²) in [4.78, 5) is 22.9. The Bertz CT molecular complexity index is 680. The molecule has 0 radical (unpaired) electrons. The summed E-state index contributed by atoms with van der Waals surface area (Å²) in [7, 11) is 1.60. The van der Waals surface area contributed by atoms with Crippen LogP contribution in [0, 0.1) is 0 Å². The van der Waals surface area contributed by atoms with Gasteiger partial charge in [-0.05, 0) is 42.3 Å². The molecular weight excluding hydrogens is 294 g/mol. The van der Waals surface area contributed by atoms with Gasteiger partial charge in [0.2, 0.25) is 5.91 Å². The predicted octanol–water partition coefficient (Wildman–Crippen LogP) is 3.19. The maximum Gasteiger partial charge on any atom is 0.311 e. The number of carbonyl (C=O) groups is 2. The number of aryl methyl sites for hydroxylation is 1. The Kier molecular flexibility index (Phi) is 5.74. The molecule has 2 rings (SSSR count). The second-order valence-electron chi connectivity index (χ2n) is 4.99. The van der Waals surface area contributed by atoms with Gasteiger partial charge in [-0.15, -0.1) is 0 Å². The molecule has 0 saturated heterocycles. The fourth-order valence-corrected chi connectivity index (χ4v) is 2.14. The Morgan fingerprint density at radius 1 is 1.04 bits per heavy atom. The molecule has 1 amide bonds. The number of carbonyl (C=O) groups excluding carboxylic acids is 2. The van der Waals surface area contributed by atoms with Crippen LogP contribution >= 0.6 is 0 Å². The molecule has 0 aliphatic carbocycles. The van der Waals surface area contributed by atoms with Crippen molar-refractivity contribution in [3.05, 3.63) is 54.1 Å². The third-order valence-electron chi connectivity index (χ3n) is 3.20. The number of amides is 1. The van der Waals surface area contributed by atoms with Crippen LogP contribution in [0.2, 0.25) is 0 Å². The van der Waals surface area contributed by atoms with Crippen molar-refractivity contribution in [2.45, 2.75) is 19.8 Å². The van der Waals surface area contributed by atoms with Crippen LogP contribution in [0.1, 0.15) is 18.9 Å². The molecule has 0 heterocycles. The number of methoxy groups -OCH3 is 1. The molecule has 5 heteroatoms. The normalized spacial score (nSPS) is 10.0. The standard InChI is InChI=1S/C18H19NO4/c1-13(20)19-15-8-10-16(11-9-15)23-18(21)12-7-14-5-3-4-6-17(14)22-2/h3-6,8-11H,7,12H2,1-2H3,(H,19,20). The Morgan fingerprint density at radius 3 is 2.39 bits per heavy atom. The molecule has 0 atom stereocenters. The van der Waals surface area contributed by atoms with E-state index in [4.69, 9.17) is 9.47 Å². The molecule has 2 aromatic rings. The molecule has 5 nitrogen and oxygen atoms in total. The zero-order chi connectivity index (χ0) is 16.7. The minimum atomic E-state index is -0.316. The lowest BCUT2D eigenvalue weighted by molar-refractivity contribution is -0.134. The second kappa shape index (κ2) is 7.98. The summed E-state index contributed by atoms with van der Waals surface area (Å²) in [6.07, 6.45) is 0.806. The van der Waals surface area contributed by atoms with Crippen molar-refractivity contribution >= 4 is 17.6 Å². The Morgan fingerprint density at radius 2 is 1.74 bits per heavy atom. The van der Waals surface area contributed by atoms with Gasteiger partial charge in [0.15, 0.2) is 0 Å². The smallest absolute Gasteiger partial charge is 0.311 e. The summed E-state index contributed by atoms with van der Waals surface area (Å²) in [6.45, 7) is 1.44. The van der Waals surface area contributed by atoms with Crippen molar-refractivity contribution in [3.8, 4) is 11.5 Å². The average molecular weight is 313 g/mol. The van der Waals surface area contributed by atoms with E-state index in [1.165, 1.54) is 6.92 Å². The van der Waals surface area contributed by atoms with Gasteiger partial charge in [-0.1, -0.05) is 18.2 Å². The SMILES string of the molecule is COc1ccccc1CCC(=O)Oc1ccc(NC(C)=O)cc1. The number of ether oxygens (including phenoxy) is 2. The van der Waals surface area contributed by atoms with E-state index in [-0.39, 0.29) is 18.3 Å². The van der Waals surface area contributed by atoms with E-state index in [0.29, 0.717) is 17.9 Å². The van der Waals surface area contributed by atoms with E-state index in [2.05, 4.69) is 5.32 Å². The van der Waals surface area contributed by atoms with Gasteiger partial charge in [-0.25, -0.2) is 0 Å². The fraction of sp³-hybridized carbons (Fsp3) is 0.222. The topological polar surface area (TPSA) is 64.6 Å². The number of nitrogens with one attached hydrogen (secondary N) is 1. The summed E-state index contributed by atoms with van der Waals surface area (Å²) in [5.41, 5.74) is 1.62. The van der Waals surface area contributed by atoms with E-state index in [1.807, 2.05) is 24.3 Å². The van der Waals surface area contributed by atoms with E-state index < -0.39 is 0 Å². The first kappa shape index (κ1) is 16.5. The minimum absolute atomic E-state index is 0.147. The van der Waals surface area contributed by atoms with Crippen molar-refractivity contribution in [2.75, 3.05) is 12.4 Å². The molecular formula is C18H19NO4. The molecule has 0 spiro atoms. The van der Waals surface area contributed by atoms with Crippen molar-refractivity contribution in [1.82, 2.24) is 0 Å². The lowest BCUT2D eigenvalue weighted by Crippen LogP contribution is -2.10. The van der Waals surface area contributed by atoms with Gasteiger partial charge in [0.1, 0.15) is 11.5 Å². The summed E-state index contributed by atoms with van der Waals surface area (Å²) >= 11 is 0. The van der Waals surface area contributed by atoms with Crippen LogP contribution in [-0.2, 0) is 16.0 Å². The fourth-order valence-electron chi connectivity index (χ4n) is 2.14. The zero-order valence-electron chi connectivity index (χ0n) is 13.2. The van der Waals surface area contributed by atoms with E-state index in [9.17, 15) is 9.59 Å². The van der Waals surface area contributed by atoms with Gasteiger partial charge in [-0.3, -0.25) is 9.59 Å². The van der Waals surface area contributed by atoms with Crippen LogP contribution in [0.15, 0.2) is 48.5 Å². The molecule has 120 valence electrons. The number of benzene rings is 2. The van der Waals surface area contributed by atoms with Crippen LogP contribution in [0.3, 0.4) is 0 Å². The average Bonchev–Trinajstić information content (AvgIpc) is 2.54. The van der Waals surface area contributed by atoms with Crippen LogP contribution in [0.4, 0.5) is 5.69 Å². The van der Waals surface area contributed by atoms with Gasteiger partial charge in [0, 0.05) is 12.6 Å². The third-order valence-corrected chi connectivity index (χ3v) is 3.20. The molecule has 2 aromatic carbocycles. The number of anilines is 1. The molecule has 0 aliphatic heterocycles. The Hall–Kier alpha value is -2.82. The summed E-state index contributed by atoms with van der Waals surface area (Å²) in [5.74, 6) is 0.749. The van der Waals surface area contributed by atoms with Crippen LogP contribution < -0.4 is 14.8 Å². The first-order valence-corrected chi connectivity index (χ1v) is 7.28. The van der Waals surface area contributed by atoms with Crippen molar-refractivity contribution in [2.24, 2.45) is 0 Å². The number of esters is 1. The van der Waals surface area contributed by atoms with Gasteiger partial charge in [0.25, 0.3) is 0 Å². The molecule has 0 aliphatic rings. The highest BCUT2D eigenvalue weighted by Crippen LogP contribution is 2.20. The maximum atomic E-state index is 11.9. The summed E-state index contributed by atoms with van der Waals surface area (Å²) < 4.78 is 10.5. The Labute approximate surface area is 135 Å². The van der Waals surface area contributed by atoms with Crippen LogP contribution in [0.25, 0.3) is 0 Å². The molecule has 0 fully saturated rings. The van der Waals surface area contributed by atoms with Gasteiger partial charge in [0.05, 0.1) is 13.5 Å². The minimum Gasteiger partial charge on any atom is -0.496 e. The number of para-hydroxylation sites is 1. The van der Waals surface area contributed by atoms with Crippen molar-refractivity contribution < 1.29 is 19.1 Å². The third kappa shape index (κ3) is 5.14. The quantitative estimate of drug-likeness (QED) is 0.657. The van der Waals surface area contributed by atoms with Crippen molar-refractivity contribution in [1.29, 1.82) is 0 Å². The number of hydrogen-bond acceptors (Lipinski definition) is 4. The highest BCUT2D eigenvalue weighted by Gasteiger charge is 2.08. The number of rotatable bonds is 6. The first-order valence-electron chi connectivity index (χ1n) is 7.28. The molecule has 0 bridgehead atoms. The highest BCUT2D eigenvalue weighted by atomic mass is 16.5. The lowest BCUT2D eigenvalue weighted by Gasteiger charge is -2.08. The molecule has 23 heavy (non-hydrogen) atoms. The van der Waals surface area contributed by atoms with Crippen LogP contribution in [-0.4, -0.2) is 19.0 Å². The lowest BCUT2D eigenvalue weighted by atomic mass is 10.1. The predicted molar refractivity (Wildman–Crippen MR) is 87.7 cm³/mol.